The van der Waals surface area contributed by atoms with Gasteiger partial charge in [-0.1, -0.05) is 31.2 Å². The van der Waals surface area contributed by atoms with Crippen molar-refractivity contribution in [3.8, 4) is 6.07 Å². The highest BCUT2D eigenvalue weighted by Gasteiger charge is 2.54. The first kappa shape index (κ1) is 24.2. The topological polar surface area (TPSA) is 91.3 Å². The maximum atomic E-state index is 11.6. The van der Waals surface area contributed by atoms with Crippen molar-refractivity contribution in [3.05, 3.63) is 64.6 Å². The zero-order valence-corrected chi connectivity index (χ0v) is 21.3. The Morgan fingerprint density at radius 3 is 2.83 bits per heavy atom. The van der Waals surface area contributed by atoms with Crippen molar-refractivity contribution < 1.29 is 14.9 Å². The van der Waals surface area contributed by atoms with Gasteiger partial charge in [0.05, 0.1) is 30.5 Å². The molecule has 1 heterocycles. The minimum absolute atomic E-state index is 0.0836. The highest BCUT2D eigenvalue weighted by Crippen LogP contribution is 2.63. The second-order valence-corrected chi connectivity index (χ2v) is 11.5. The molecule has 186 valence electrons. The van der Waals surface area contributed by atoms with E-state index in [1.807, 2.05) is 6.92 Å². The normalized spacial score (nSPS) is 35.4. The number of allylic oxidation sites excluding steroid dienone is 7. The summed E-state index contributed by atoms with van der Waals surface area (Å²) >= 11 is 0. The number of nitrogens with zero attached hydrogens (tertiary/aromatic N) is 3. The average Bonchev–Trinajstić information content (AvgIpc) is 3.42. The quantitative estimate of drug-likeness (QED) is 0.627. The van der Waals surface area contributed by atoms with Crippen LogP contribution >= 0.6 is 0 Å². The summed E-state index contributed by atoms with van der Waals surface area (Å²) in [5, 5.41) is 36.1. The number of methoxy groups -OCH3 is 1. The summed E-state index contributed by atoms with van der Waals surface area (Å²) in [5.74, 6) is 0.445. The SMILES string of the molecule is CC[C@]12CC[C@](O)(COC)C[C@H]1CCC1=C2C=C[C@@]2(C)C1=CC=C2C(C)(O)Cn1cc(C#N)cn1. The Hall–Kier alpha value is -2.46. The molecule has 4 aliphatic carbocycles. The molecule has 1 aromatic rings. The monoisotopic (exact) mass is 475 g/mol. The number of hydrogen-bond donors (Lipinski definition) is 2. The Morgan fingerprint density at radius 1 is 1.34 bits per heavy atom. The maximum absolute atomic E-state index is 11.6. The molecule has 0 aliphatic heterocycles. The summed E-state index contributed by atoms with van der Waals surface area (Å²) in [7, 11) is 1.67. The second kappa shape index (κ2) is 8.30. The molecule has 35 heavy (non-hydrogen) atoms. The van der Waals surface area contributed by atoms with E-state index in [9.17, 15) is 10.2 Å². The van der Waals surface area contributed by atoms with Crippen molar-refractivity contribution in [2.45, 2.75) is 77.0 Å². The Bertz CT molecular complexity index is 1200. The highest BCUT2D eigenvalue weighted by molar-refractivity contribution is 5.63. The van der Waals surface area contributed by atoms with Gasteiger partial charge in [0.2, 0.25) is 0 Å². The minimum atomic E-state index is -1.12. The fourth-order valence-electron chi connectivity index (χ4n) is 7.65. The molecule has 0 saturated heterocycles. The maximum Gasteiger partial charge on any atom is 0.104 e. The van der Waals surface area contributed by atoms with E-state index >= 15 is 0 Å². The van der Waals surface area contributed by atoms with E-state index in [0.29, 0.717) is 18.1 Å². The Kier molecular flexibility index (Phi) is 5.75. The molecule has 0 bridgehead atoms. The van der Waals surface area contributed by atoms with Gasteiger partial charge in [-0.05, 0) is 86.0 Å². The van der Waals surface area contributed by atoms with Gasteiger partial charge in [0.25, 0.3) is 0 Å². The Morgan fingerprint density at radius 2 is 2.14 bits per heavy atom. The van der Waals surface area contributed by atoms with Crippen LogP contribution in [0, 0.1) is 28.1 Å². The zero-order valence-electron chi connectivity index (χ0n) is 21.3. The van der Waals surface area contributed by atoms with Crippen molar-refractivity contribution in [1.82, 2.24) is 9.78 Å². The van der Waals surface area contributed by atoms with Crippen LogP contribution in [-0.2, 0) is 11.3 Å². The van der Waals surface area contributed by atoms with E-state index in [4.69, 9.17) is 10.00 Å². The third kappa shape index (κ3) is 3.67. The first-order valence-corrected chi connectivity index (χ1v) is 12.8. The second-order valence-electron chi connectivity index (χ2n) is 11.5. The van der Waals surface area contributed by atoms with E-state index in [2.05, 4.69) is 49.3 Å². The molecule has 1 unspecified atom stereocenters. The van der Waals surface area contributed by atoms with Gasteiger partial charge in [0, 0.05) is 18.7 Å². The molecule has 0 radical (unpaired) electrons. The Balaban J connectivity index is 1.44. The van der Waals surface area contributed by atoms with Crippen molar-refractivity contribution in [2.24, 2.45) is 16.7 Å². The predicted octanol–water partition coefficient (Wildman–Crippen LogP) is 4.61. The van der Waals surface area contributed by atoms with E-state index in [1.165, 1.54) is 22.9 Å². The van der Waals surface area contributed by atoms with Gasteiger partial charge >= 0.3 is 0 Å². The molecule has 4 aliphatic rings. The summed E-state index contributed by atoms with van der Waals surface area (Å²) in [6, 6.07) is 2.10. The average molecular weight is 476 g/mol. The third-order valence-corrected chi connectivity index (χ3v) is 9.35. The first-order valence-electron chi connectivity index (χ1n) is 12.8. The van der Waals surface area contributed by atoms with Gasteiger partial charge in [-0.3, -0.25) is 4.68 Å². The molecular weight excluding hydrogens is 438 g/mol. The van der Waals surface area contributed by atoms with Crippen LogP contribution in [0.25, 0.3) is 0 Å². The number of aliphatic hydroxyl groups is 2. The van der Waals surface area contributed by atoms with Crippen LogP contribution in [-0.4, -0.2) is 44.9 Å². The lowest BCUT2D eigenvalue weighted by molar-refractivity contribution is -0.101. The lowest BCUT2D eigenvalue weighted by Crippen LogP contribution is -2.50. The number of rotatable bonds is 6. The third-order valence-electron chi connectivity index (χ3n) is 9.35. The molecule has 1 aromatic heterocycles. The lowest BCUT2D eigenvalue weighted by atomic mass is 9.50. The molecule has 5 atom stereocenters. The van der Waals surface area contributed by atoms with Crippen LogP contribution in [0.5, 0.6) is 0 Å². The molecule has 2 N–H and O–H groups in total. The molecule has 6 nitrogen and oxygen atoms in total. The standard InChI is InChI=1S/C29H37N3O3/c1-5-29-13-12-28(34,19-35-4)14-21(29)6-7-22-23-8-9-25(26(23,2)11-10-24(22)29)27(3,33)18-32-17-20(15-30)16-31-32/h8-11,16-17,21,33-34H,5-7,12-14,18-19H2,1-4H3/t21-,26+,27?,28-,29+/m1/s1. The van der Waals surface area contributed by atoms with E-state index in [0.717, 1.165) is 44.1 Å². The van der Waals surface area contributed by atoms with Crippen molar-refractivity contribution in [2.75, 3.05) is 13.7 Å². The smallest absolute Gasteiger partial charge is 0.104 e. The summed E-state index contributed by atoms with van der Waals surface area (Å²) in [6.45, 7) is 7.04. The summed E-state index contributed by atoms with van der Waals surface area (Å²) in [4.78, 5) is 0. The summed E-state index contributed by atoms with van der Waals surface area (Å²) in [6.07, 6.45) is 17.8. The van der Waals surface area contributed by atoms with Gasteiger partial charge in [0.1, 0.15) is 11.7 Å². The van der Waals surface area contributed by atoms with E-state index in [1.54, 1.807) is 18.0 Å². The molecule has 1 saturated carbocycles. The molecule has 0 spiro atoms. The van der Waals surface area contributed by atoms with Crippen LogP contribution in [0.15, 0.2) is 59.0 Å². The molecule has 5 rings (SSSR count). The number of nitriles is 1. The number of fused-ring (bicyclic) bond motifs is 4. The van der Waals surface area contributed by atoms with Gasteiger partial charge in [-0.2, -0.15) is 10.4 Å². The van der Waals surface area contributed by atoms with Crippen molar-refractivity contribution in [1.29, 1.82) is 5.26 Å². The van der Waals surface area contributed by atoms with E-state index in [-0.39, 0.29) is 17.4 Å². The van der Waals surface area contributed by atoms with Crippen molar-refractivity contribution in [3.63, 3.8) is 0 Å². The molecule has 0 aromatic carbocycles. The lowest BCUT2D eigenvalue weighted by Gasteiger charge is -2.55. The summed E-state index contributed by atoms with van der Waals surface area (Å²) < 4.78 is 7.01. The minimum Gasteiger partial charge on any atom is -0.387 e. The largest absolute Gasteiger partial charge is 0.387 e. The van der Waals surface area contributed by atoms with Gasteiger partial charge in [-0.25, -0.2) is 0 Å². The summed E-state index contributed by atoms with van der Waals surface area (Å²) in [5.41, 5.74) is 3.50. The van der Waals surface area contributed by atoms with Crippen LogP contribution in [0.3, 0.4) is 0 Å². The van der Waals surface area contributed by atoms with E-state index < -0.39 is 11.2 Å². The van der Waals surface area contributed by atoms with Gasteiger partial charge < -0.3 is 14.9 Å². The zero-order chi connectivity index (χ0) is 25.1. The van der Waals surface area contributed by atoms with Crippen LogP contribution in [0.1, 0.15) is 64.9 Å². The van der Waals surface area contributed by atoms with Crippen LogP contribution < -0.4 is 0 Å². The highest BCUT2D eigenvalue weighted by atomic mass is 16.5. The van der Waals surface area contributed by atoms with Crippen molar-refractivity contribution >= 4 is 0 Å². The van der Waals surface area contributed by atoms with Gasteiger partial charge in [-0.15, -0.1) is 0 Å². The fraction of sp³-hybridized carbons (Fsp3) is 0.586. The first-order chi connectivity index (χ1) is 16.6. The van der Waals surface area contributed by atoms with Gasteiger partial charge in [0.15, 0.2) is 0 Å². The predicted molar refractivity (Wildman–Crippen MR) is 134 cm³/mol. The number of aromatic nitrogens is 2. The van der Waals surface area contributed by atoms with Crippen LogP contribution in [0.4, 0.5) is 0 Å². The number of ether oxygens (including phenoxy) is 1. The fourth-order valence-corrected chi connectivity index (χ4v) is 7.65. The Labute approximate surface area is 208 Å². The number of hydrogen-bond acceptors (Lipinski definition) is 5. The molecular formula is C29H37N3O3. The van der Waals surface area contributed by atoms with Crippen LogP contribution in [0.2, 0.25) is 0 Å². The molecule has 6 heteroatoms. The molecule has 0 amide bonds. The molecule has 1 fully saturated rings.